The summed E-state index contributed by atoms with van der Waals surface area (Å²) in [5, 5.41) is 2.38. The molecule has 3 heteroatoms. The maximum Gasteiger partial charge on any atom is 0.253 e. The van der Waals surface area contributed by atoms with Gasteiger partial charge in [0.1, 0.15) is 0 Å². The Bertz CT molecular complexity index is 460. The van der Waals surface area contributed by atoms with Crippen LogP contribution in [0, 0.1) is 7.05 Å². The standard InChI is InChI=1S/C12H11N2O/c1-13-12(15)10-6-2-3-7-11(10)14-8-4-5-9-14/h2-9H,1H2,(H,13,15). The van der Waals surface area contributed by atoms with E-state index >= 15 is 0 Å². The van der Waals surface area contributed by atoms with E-state index in [1.54, 1.807) is 6.07 Å². The van der Waals surface area contributed by atoms with Crippen LogP contribution >= 0.6 is 0 Å². The van der Waals surface area contributed by atoms with Crippen molar-refractivity contribution in [1.29, 1.82) is 0 Å². The average Bonchev–Trinajstić information content (AvgIpc) is 2.81. The third-order valence-corrected chi connectivity index (χ3v) is 2.19. The van der Waals surface area contributed by atoms with Gasteiger partial charge in [-0.1, -0.05) is 12.1 Å². The van der Waals surface area contributed by atoms with Gasteiger partial charge in [-0.2, -0.15) is 0 Å². The summed E-state index contributed by atoms with van der Waals surface area (Å²) in [4.78, 5) is 11.5. The minimum atomic E-state index is -0.181. The van der Waals surface area contributed by atoms with Gasteiger partial charge in [-0.15, -0.1) is 0 Å². The van der Waals surface area contributed by atoms with E-state index in [1.807, 2.05) is 47.3 Å². The molecule has 1 aromatic heterocycles. The van der Waals surface area contributed by atoms with Gasteiger partial charge in [-0.25, -0.2) is 0 Å². The highest BCUT2D eigenvalue weighted by atomic mass is 16.1. The van der Waals surface area contributed by atoms with E-state index in [0.29, 0.717) is 5.56 Å². The second-order valence-electron chi connectivity index (χ2n) is 3.11. The molecule has 0 bridgehead atoms. The zero-order valence-electron chi connectivity index (χ0n) is 8.18. The number of carbonyl (C=O) groups is 1. The minimum Gasteiger partial charge on any atom is -0.350 e. The molecule has 0 unspecified atom stereocenters. The van der Waals surface area contributed by atoms with Crippen molar-refractivity contribution in [2.24, 2.45) is 0 Å². The second kappa shape index (κ2) is 4.00. The van der Waals surface area contributed by atoms with Gasteiger partial charge in [-0.3, -0.25) is 4.79 Å². The quantitative estimate of drug-likeness (QED) is 0.788. The molecule has 0 saturated carbocycles. The predicted molar refractivity (Wildman–Crippen MR) is 58.6 cm³/mol. The van der Waals surface area contributed by atoms with E-state index in [1.165, 1.54) is 0 Å². The van der Waals surface area contributed by atoms with E-state index in [-0.39, 0.29) is 5.91 Å². The Kier molecular flexibility index (Phi) is 2.54. The molecule has 0 spiro atoms. The lowest BCUT2D eigenvalue weighted by Crippen LogP contribution is -2.17. The van der Waals surface area contributed by atoms with E-state index < -0.39 is 0 Å². The molecule has 1 amide bonds. The van der Waals surface area contributed by atoms with Gasteiger partial charge >= 0.3 is 0 Å². The molecule has 1 N–H and O–H groups in total. The average molecular weight is 199 g/mol. The molecular weight excluding hydrogens is 188 g/mol. The number of nitrogens with zero attached hydrogens (tertiary/aromatic N) is 1. The summed E-state index contributed by atoms with van der Waals surface area (Å²) in [6, 6.07) is 11.2. The molecule has 15 heavy (non-hydrogen) atoms. The fourth-order valence-corrected chi connectivity index (χ4v) is 1.48. The SMILES string of the molecule is [CH2]NC(=O)c1ccccc1-n1cccc1. The van der Waals surface area contributed by atoms with Gasteiger partial charge in [0.15, 0.2) is 0 Å². The highest BCUT2D eigenvalue weighted by Crippen LogP contribution is 2.14. The summed E-state index contributed by atoms with van der Waals surface area (Å²) in [5.41, 5.74) is 1.47. The van der Waals surface area contributed by atoms with Crippen LogP contribution in [0.25, 0.3) is 5.69 Å². The first-order valence-electron chi connectivity index (χ1n) is 4.63. The number of amides is 1. The number of carbonyl (C=O) groups excluding carboxylic acids is 1. The third-order valence-electron chi connectivity index (χ3n) is 2.19. The maximum atomic E-state index is 11.5. The lowest BCUT2D eigenvalue weighted by Gasteiger charge is -2.08. The smallest absolute Gasteiger partial charge is 0.253 e. The van der Waals surface area contributed by atoms with Gasteiger partial charge < -0.3 is 9.88 Å². The van der Waals surface area contributed by atoms with Crippen molar-refractivity contribution in [3.63, 3.8) is 0 Å². The van der Waals surface area contributed by atoms with Crippen molar-refractivity contribution in [1.82, 2.24) is 9.88 Å². The number of nitrogens with one attached hydrogen (secondary N) is 1. The first kappa shape index (κ1) is 9.52. The van der Waals surface area contributed by atoms with Crippen LogP contribution in [0.2, 0.25) is 0 Å². The summed E-state index contributed by atoms with van der Waals surface area (Å²) in [5.74, 6) is -0.181. The maximum absolute atomic E-state index is 11.5. The van der Waals surface area contributed by atoms with Crippen LogP contribution in [0.3, 0.4) is 0 Å². The van der Waals surface area contributed by atoms with Crippen LogP contribution in [0.5, 0.6) is 0 Å². The summed E-state index contributed by atoms with van der Waals surface area (Å²) in [7, 11) is 3.38. The number of aromatic nitrogens is 1. The first-order chi connectivity index (χ1) is 7.33. The molecule has 0 fully saturated rings. The molecule has 2 rings (SSSR count). The van der Waals surface area contributed by atoms with Crippen molar-refractivity contribution in [3.05, 3.63) is 61.4 Å². The number of hydrogen-bond acceptors (Lipinski definition) is 1. The summed E-state index contributed by atoms with van der Waals surface area (Å²) < 4.78 is 1.89. The van der Waals surface area contributed by atoms with Crippen LogP contribution in [0.4, 0.5) is 0 Å². The van der Waals surface area contributed by atoms with E-state index in [4.69, 9.17) is 0 Å². The molecule has 0 atom stereocenters. The Hall–Kier alpha value is -2.03. The largest absolute Gasteiger partial charge is 0.350 e. The van der Waals surface area contributed by atoms with Crippen molar-refractivity contribution in [3.8, 4) is 5.69 Å². The molecule has 2 aromatic rings. The molecule has 0 aliphatic rings. The zero-order chi connectivity index (χ0) is 10.7. The van der Waals surface area contributed by atoms with Crippen molar-refractivity contribution >= 4 is 5.91 Å². The van der Waals surface area contributed by atoms with Crippen LogP contribution in [0.15, 0.2) is 48.8 Å². The van der Waals surface area contributed by atoms with Crippen LogP contribution in [-0.4, -0.2) is 10.5 Å². The molecular formula is C12H11N2O. The lowest BCUT2D eigenvalue weighted by molar-refractivity contribution is 0.0969. The number of para-hydroxylation sites is 1. The molecule has 3 nitrogen and oxygen atoms in total. The molecule has 1 heterocycles. The molecule has 0 aliphatic heterocycles. The first-order valence-corrected chi connectivity index (χ1v) is 4.63. The summed E-state index contributed by atoms with van der Waals surface area (Å²) in [6.45, 7) is 0. The van der Waals surface area contributed by atoms with Crippen molar-refractivity contribution < 1.29 is 4.79 Å². The Morgan fingerprint density at radius 1 is 1.13 bits per heavy atom. The highest BCUT2D eigenvalue weighted by Gasteiger charge is 2.09. The molecule has 1 aromatic carbocycles. The van der Waals surface area contributed by atoms with Crippen LogP contribution in [0.1, 0.15) is 10.4 Å². The molecule has 1 radical (unpaired) electrons. The Morgan fingerprint density at radius 3 is 2.47 bits per heavy atom. The van der Waals surface area contributed by atoms with Crippen molar-refractivity contribution in [2.75, 3.05) is 0 Å². The summed E-state index contributed by atoms with van der Waals surface area (Å²) >= 11 is 0. The second-order valence-corrected chi connectivity index (χ2v) is 3.11. The number of hydrogen-bond donors (Lipinski definition) is 1. The highest BCUT2D eigenvalue weighted by molar-refractivity contribution is 5.97. The van der Waals surface area contributed by atoms with Crippen LogP contribution < -0.4 is 5.32 Å². The van der Waals surface area contributed by atoms with Gasteiger partial charge in [0, 0.05) is 19.4 Å². The Morgan fingerprint density at radius 2 is 1.80 bits per heavy atom. The number of benzene rings is 1. The predicted octanol–water partition coefficient (Wildman–Crippen LogP) is 2.00. The number of rotatable bonds is 2. The molecule has 75 valence electrons. The fraction of sp³-hybridized carbons (Fsp3) is 0. The summed E-state index contributed by atoms with van der Waals surface area (Å²) in [6.07, 6.45) is 3.80. The molecule has 0 saturated heterocycles. The van der Waals surface area contributed by atoms with Crippen molar-refractivity contribution in [2.45, 2.75) is 0 Å². The monoisotopic (exact) mass is 199 g/mol. The zero-order valence-corrected chi connectivity index (χ0v) is 8.18. The van der Waals surface area contributed by atoms with Gasteiger partial charge in [0.2, 0.25) is 0 Å². The van der Waals surface area contributed by atoms with Gasteiger partial charge in [0.25, 0.3) is 5.91 Å². The normalized spacial score (nSPS) is 9.93. The fourth-order valence-electron chi connectivity index (χ4n) is 1.48. The Labute approximate surface area is 88.3 Å². The minimum absolute atomic E-state index is 0.181. The van der Waals surface area contributed by atoms with Gasteiger partial charge in [-0.05, 0) is 24.3 Å². The van der Waals surface area contributed by atoms with Gasteiger partial charge in [0.05, 0.1) is 11.3 Å². The van der Waals surface area contributed by atoms with E-state index in [0.717, 1.165) is 5.69 Å². The van der Waals surface area contributed by atoms with E-state index in [9.17, 15) is 4.79 Å². The lowest BCUT2D eigenvalue weighted by atomic mass is 10.1. The Balaban J connectivity index is 2.52. The topological polar surface area (TPSA) is 34.0 Å². The van der Waals surface area contributed by atoms with E-state index in [2.05, 4.69) is 12.4 Å². The molecule has 0 aliphatic carbocycles. The van der Waals surface area contributed by atoms with Crippen LogP contribution in [-0.2, 0) is 0 Å². The third kappa shape index (κ3) is 1.76.